The first-order chi connectivity index (χ1) is 15.9. The maximum atomic E-state index is 13.6. The van der Waals surface area contributed by atoms with Crippen molar-refractivity contribution in [2.24, 2.45) is 0 Å². The van der Waals surface area contributed by atoms with E-state index in [9.17, 15) is 19.5 Å². The molecule has 0 heterocycles. The summed E-state index contributed by atoms with van der Waals surface area (Å²) in [5.74, 6) is -1.03. The second kappa shape index (κ2) is 11.2. The van der Waals surface area contributed by atoms with E-state index >= 15 is 0 Å². The minimum atomic E-state index is -1.28. The van der Waals surface area contributed by atoms with E-state index in [1.807, 2.05) is 51.1 Å². The number of anilines is 1. The standard InChI is InChI=1S/C26H35N3O5/c1-16-11-8-9-14-19(16)22(23(31)28-21-17(2)12-10-13-18(21)3)29(7)24(32)20(15-30)27-25(33)34-26(4,5)6/h8-14,20,22,30H,15H2,1-7H3,(H,27,33)(H,28,31). The lowest BCUT2D eigenvalue weighted by Gasteiger charge is -2.32. The molecule has 0 radical (unpaired) electrons. The van der Waals surface area contributed by atoms with Gasteiger partial charge in [-0.2, -0.15) is 0 Å². The molecule has 2 unspecified atom stereocenters. The molecule has 0 aliphatic carbocycles. The molecule has 2 aromatic carbocycles. The minimum Gasteiger partial charge on any atom is -0.444 e. The third-order valence-corrected chi connectivity index (χ3v) is 5.37. The number of amides is 3. The SMILES string of the molecule is Cc1ccccc1C(C(=O)Nc1c(C)cccc1C)N(C)C(=O)C(CO)NC(=O)OC(C)(C)C. The van der Waals surface area contributed by atoms with Crippen LogP contribution in [-0.4, -0.2) is 53.2 Å². The number of aliphatic hydroxyl groups is 1. The lowest BCUT2D eigenvalue weighted by molar-refractivity contribution is -0.139. The summed E-state index contributed by atoms with van der Waals surface area (Å²) in [5.41, 5.74) is 3.16. The topological polar surface area (TPSA) is 108 Å². The largest absolute Gasteiger partial charge is 0.444 e. The Morgan fingerprint density at radius 1 is 0.971 bits per heavy atom. The van der Waals surface area contributed by atoms with Crippen LogP contribution in [0.2, 0.25) is 0 Å². The Balaban J connectivity index is 2.38. The van der Waals surface area contributed by atoms with Gasteiger partial charge in [0.25, 0.3) is 5.91 Å². The van der Waals surface area contributed by atoms with Crippen molar-refractivity contribution < 1.29 is 24.2 Å². The van der Waals surface area contributed by atoms with E-state index in [0.717, 1.165) is 16.7 Å². The monoisotopic (exact) mass is 469 g/mol. The number of carbonyl (C=O) groups is 3. The van der Waals surface area contributed by atoms with Gasteiger partial charge in [-0.25, -0.2) is 4.79 Å². The first kappa shape index (κ1) is 26.9. The highest BCUT2D eigenvalue weighted by Gasteiger charge is 2.34. The molecule has 0 spiro atoms. The zero-order chi connectivity index (χ0) is 25.6. The van der Waals surface area contributed by atoms with Crippen LogP contribution < -0.4 is 10.6 Å². The van der Waals surface area contributed by atoms with Gasteiger partial charge in [-0.15, -0.1) is 0 Å². The predicted octanol–water partition coefficient (Wildman–Crippen LogP) is 3.64. The van der Waals surface area contributed by atoms with E-state index in [1.165, 1.54) is 11.9 Å². The van der Waals surface area contributed by atoms with Crippen molar-refractivity contribution in [3.63, 3.8) is 0 Å². The molecule has 2 atom stereocenters. The molecule has 2 rings (SSSR count). The van der Waals surface area contributed by atoms with Crippen LogP contribution in [0.5, 0.6) is 0 Å². The maximum absolute atomic E-state index is 13.6. The molecule has 8 nitrogen and oxygen atoms in total. The van der Waals surface area contributed by atoms with Gasteiger partial charge in [-0.05, 0) is 63.8 Å². The quantitative estimate of drug-likeness (QED) is 0.574. The first-order valence-corrected chi connectivity index (χ1v) is 11.2. The van der Waals surface area contributed by atoms with E-state index in [1.54, 1.807) is 32.9 Å². The predicted molar refractivity (Wildman–Crippen MR) is 131 cm³/mol. The van der Waals surface area contributed by atoms with E-state index in [0.29, 0.717) is 11.3 Å². The van der Waals surface area contributed by atoms with Gasteiger partial charge in [0.15, 0.2) is 0 Å². The summed E-state index contributed by atoms with van der Waals surface area (Å²) in [4.78, 5) is 40.3. The van der Waals surface area contributed by atoms with E-state index < -0.39 is 42.2 Å². The normalized spacial score (nSPS) is 12.9. The van der Waals surface area contributed by atoms with Gasteiger partial charge < -0.3 is 25.4 Å². The number of aryl methyl sites for hydroxylation is 3. The van der Waals surface area contributed by atoms with Crippen LogP contribution in [-0.2, 0) is 14.3 Å². The van der Waals surface area contributed by atoms with Gasteiger partial charge in [0.1, 0.15) is 17.7 Å². The molecule has 2 aromatic rings. The highest BCUT2D eigenvalue weighted by Crippen LogP contribution is 2.27. The van der Waals surface area contributed by atoms with Crippen molar-refractivity contribution in [2.45, 2.75) is 59.2 Å². The number of likely N-dealkylation sites (N-methyl/N-ethyl adjacent to an activating group) is 1. The van der Waals surface area contributed by atoms with Crippen LogP contribution in [0.1, 0.15) is 49.1 Å². The molecule has 0 bridgehead atoms. The fourth-order valence-electron chi connectivity index (χ4n) is 3.63. The molecule has 3 N–H and O–H groups in total. The van der Waals surface area contributed by atoms with Crippen molar-refractivity contribution in [3.8, 4) is 0 Å². The lowest BCUT2D eigenvalue weighted by atomic mass is 9.98. The van der Waals surface area contributed by atoms with Gasteiger partial charge in [-0.1, -0.05) is 42.5 Å². The molecule has 0 saturated heterocycles. The van der Waals surface area contributed by atoms with Crippen molar-refractivity contribution in [1.29, 1.82) is 0 Å². The summed E-state index contributed by atoms with van der Waals surface area (Å²) in [5, 5.41) is 15.2. The number of benzene rings is 2. The Morgan fingerprint density at radius 2 is 1.53 bits per heavy atom. The Kier molecular flexibility index (Phi) is 8.81. The summed E-state index contributed by atoms with van der Waals surface area (Å²) < 4.78 is 5.21. The molecule has 3 amide bonds. The molecule has 0 aromatic heterocycles. The highest BCUT2D eigenvalue weighted by molar-refractivity contribution is 6.00. The number of para-hydroxylation sites is 1. The zero-order valence-electron chi connectivity index (χ0n) is 20.9. The fraction of sp³-hybridized carbons (Fsp3) is 0.423. The molecule has 8 heteroatoms. The number of carbonyl (C=O) groups excluding carboxylic acids is 3. The van der Waals surface area contributed by atoms with Crippen molar-refractivity contribution in [1.82, 2.24) is 10.2 Å². The fourth-order valence-corrected chi connectivity index (χ4v) is 3.63. The van der Waals surface area contributed by atoms with E-state index in [2.05, 4.69) is 10.6 Å². The number of hydrogen-bond acceptors (Lipinski definition) is 5. The van der Waals surface area contributed by atoms with Crippen LogP contribution >= 0.6 is 0 Å². The summed E-state index contributed by atoms with van der Waals surface area (Å²) in [6.07, 6.45) is -0.833. The van der Waals surface area contributed by atoms with Crippen LogP contribution in [0.15, 0.2) is 42.5 Å². The average Bonchev–Trinajstić information content (AvgIpc) is 2.74. The molecule has 184 valence electrons. The molecule has 0 saturated carbocycles. The second-order valence-electron chi connectivity index (χ2n) is 9.35. The van der Waals surface area contributed by atoms with Gasteiger partial charge in [0, 0.05) is 12.7 Å². The molecule has 0 fully saturated rings. The summed E-state index contributed by atoms with van der Waals surface area (Å²) in [6, 6.07) is 10.7. The minimum absolute atomic E-state index is 0.406. The van der Waals surface area contributed by atoms with Gasteiger partial charge in [-0.3, -0.25) is 9.59 Å². The lowest BCUT2D eigenvalue weighted by Crippen LogP contribution is -2.52. The Labute approximate surface area is 201 Å². The van der Waals surface area contributed by atoms with Crippen molar-refractivity contribution in [2.75, 3.05) is 19.0 Å². The molecule has 0 aliphatic heterocycles. The Morgan fingerprint density at radius 3 is 2.06 bits per heavy atom. The number of rotatable bonds is 7. The highest BCUT2D eigenvalue weighted by atomic mass is 16.6. The van der Waals surface area contributed by atoms with Crippen molar-refractivity contribution >= 4 is 23.6 Å². The summed E-state index contributed by atoms with van der Waals surface area (Å²) >= 11 is 0. The zero-order valence-corrected chi connectivity index (χ0v) is 20.9. The average molecular weight is 470 g/mol. The smallest absolute Gasteiger partial charge is 0.408 e. The Hall–Kier alpha value is -3.39. The van der Waals surface area contributed by atoms with Gasteiger partial charge in [0.05, 0.1) is 6.61 Å². The number of nitrogens with one attached hydrogen (secondary N) is 2. The van der Waals surface area contributed by atoms with Crippen LogP contribution in [0.3, 0.4) is 0 Å². The maximum Gasteiger partial charge on any atom is 0.408 e. The first-order valence-electron chi connectivity index (χ1n) is 11.2. The molecular formula is C26H35N3O5. The third kappa shape index (κ3) is 6.81. The van der Waals surface area contributed by atoms with Crippen LogP contribution in [0.4, 0.5) is 10.5 Å². The van der Waals surface area contributed by atoms with Crippen LogP contribution in [0.25, 0.3) is 0 Å². The summed E-state index contributed by atoms with van der Waals surface area (Å²) in [6.45, 7) is 10.1. The Bertz CT molecular complexity index is 1020. The molecular weight excluding hydrogens is 434 g/mol. The van der Waals surface area contributed by atoms with Crippen LogP contribution in [0, 0.1) is 20.8 Å². The number of hydrogen-bond donors (Lipinski definition) is 3. The van der Waals surface area contributed by atoms with Gasteiger partial charge >= 0.3 is 6.09 Å². The number of aliphatic hydroxyl groups excluding tert-OH is 1. The number of ether oxygens (including phenoxy) is 1. The third-order valence-electron chi connectivity index (χ3n) is 5.37. The van der Waals surface area contributed by atoms with Crippen molar-refractivity contribution in [3.05, 3.63) is 64.7 Å². The van der Waals surface area contributed by atoms with Gasteiger partial charge in [0.2, 0.25) is 5.91 Å². The summed E-state index contributed by atoms with van der Waals surface area (Å²) in [7, 11) is 1.48. The second-order valence-corrected chi connectivity index (χ2v) is 9.35. The van der Waals surface area contributed by atoms with E-state index in [-0.39, 0.29) is 0 Å². The number of alkyl carbamates (subject to hydrolysis) is 1. The van der Waals surface area contributed by atoms with E-state index in [4.69, 9.17) is 4.74 Å². The molecule has 34 heavy (non-hydrogen) atoms. The molecule has 0 aliphatic rings. The number of nitrogens with zero attached hydrogens (tertiary/aromatic N) is 1.